The van der Waals surface area contributed by atoms with Crippen LogP contribution in [0.4, 0.5) is 4.39 Å². The van der Waals surface area contributed by atoms with Gasteiger partial charge in [0.25, 0.3) is 0 Å². The van der Waals surface area contributed by atoms with Gasteiger partial charge in [-0.1, -0.05) is 6.07 Å². The van der Waals surface area contributed by atoms with Gasteiger partial charge < -0.3 is 4.74 Å². The van der Waals surface area contributed by atoms with Crippen molar-refractivity contribution in [2.45, 2.75) is 19.7 Å². The fraction of sp³-hybridized carbons (Fsp3) is 0.364. The summed E-state index contributed by atoms with van der Waals surface area (Å²) in [6.45, 7) is 3.70. The number of ether oxygens (including phenoxy) is 1. The van der Waals surface area contributed by atoms with Crippen molar-refractivity contribution in [3.63, 3.8) is 0 Å². The number of hydrogen-bond donors (Lipinski definition) is 0. The molecule has 0 aliphatic carbocycles. The van der Waals surface area contributed by atoms with Gasteiger partial charge in [-0.2, -0.15) is 0 Å². The molecule has 82 valence electrons. The number of hydrogen-bond acceptors (Lipinski definition) is 2. The van der Waals surface area contributed by atoms with Crippen LogP contribution in [0.5, 0.6) is 0 Å². The van der Waals surface area contributed by atoms with Crippen molar-refractivity contribution in [1.82, 2.24) is 0 Å². The Morgan fingerprint density at radius 2 is 2.20 bits per heavy atom. The number of benzene rings is 1. The van der Waals surface area contributed by atoms with E-state index in [4.69, 9.17) is 16.3 Å². The van der Waals surface area contributed by atoms with Crippen molar-refractivity contribution >= 4 is 17.6 Å². The molecule has 0 spiro atoms. The van der Waals surface area contributed by atoms with Crippen LogP contribution < -0.4 is 0 Å². The third kappa shape index (κ3) is 2.69. The van der Waals surface area contributed by atoms with Gasteiger partial charge in [0, 0.05) is 5.56 Å². The Hall–Kier alpha value is -1.09. The Kier molecular flexibility index (Phi) is 4.09. The third-order valence-corrected chi connectivity index (χ3v) is 2.32. The molecule has 0 unspecified atom stereocenters. The van der Waals surface area contributed by atoms with Crippen LogP contribution >= 0.6 is 11.6 Å². The topological polar surface area (TPSA) is 26.3 Å². The summed E-state index contributed by atoms with van der Waals surface area (Å²) in [6.07, 6.45) is 0. The first-order valence-corrected chi connectivity index (χ1v) is 5.15. The monoisotopic (exact) mass is 230 g/mol. The fourth-order valence-electron chi connectivity index (χ4n) is 1.27. The summed E-state index contributed by atoms with van der Waals surface area (Å²) in [6, 6.07) is 2.74. The van der Waals surface area contributed by atoms with Crippen molar-refractivity contribution in [3.05, 3.63) is 34.6 Å². The molecule has 0 fully saturated rings. The molecule has 1 aromatic carbocycles. The molecule has 1 aromatic rings. The smallest absolute Gasteiger partial charge is 0.338 e. The summed E-state index contributed by atoms with van der Waals surface area (Å²) in [7, 11) is 0. The van der Waals surface area contributed by atoms with Gasteiger partial charge in [-0.25, -0.2) is 9.18 Å². The molecule has 0 atom stereocenters. The highest BCUT2D eigenvalue weighted by Gasteiger charge is 2.13. The number of halogens is 2. The Morgan fingerprint density at radius 1 is 1.53 bits per heavy atom. The van der Waals surface area contributed by atoms with Crippen LogP contribution in [0, 0.1) is 12.7 Å². The lowest BCUT2D eigenvalue weighted by Gasteiger charge is -2.07. The predicted molar refractivity (Wildman–Crippen MR) is 56.7 cm³/mol. The van der Waals surface area contributed by atoms with E-state index >= 15 is 0 Å². The van der Waals surface area contributed by atoms with Crippen molar-refractivity contribution in [2.24, 2.45) is 0 Å². The molecule has 0 aliphatic rings. The van der Waals surface area contributed by atoms with Crippen LogP contribution in [0.1, 0.15) is 28.4 Å². The number of carbonyl (C=O) groups is 1. The Morgan fingerprint density at radius 3 is 2.73 bits per heavy atom. The SMILES string of the molecule is CCOC(=O)c1cc(F)c(CCl)cc1C. The highest BCUT2D eigenvalue weighted by Crippen LogP contribution is 2.18. The summed E-state index contributed by atoms with van der Waals surface area (Å²) in [4.78, 5) is 11.4. The van der Waals surface area contributed by atoms with Crippen LogP contribution in [0.3, 0.4) is 0 Å². The molecule has 0 aliphatic heterocycles. The summed E-state index contributed by atoms with van der Waals surface area (Å²) < 4.78 is 18.1. The molecule has 0 saturated heterocycles. The van der Waals surface area contributed by atoms with Gasteiger partial charge in [-0.05, 0) is 25.5 Å². The largest absolute Gasteiger partial charge is 0.462 e. The van der Waals surface area contributed by atoms with E-state index in [0.717, 1.165) is 0 Å². The van der Waals surface area contributed by atoms with Crippen molar-refractivity contribution in [2.75, 3.05) is 6.61 Å². The van der Waals surface area contributed by atoms with Gasteiger partial charge in [0.15, 0.2) is 0 Å². The molecular weight excluding hydrogens is 219 g/mol. The van der Waals surface area contributed by atoms with E-state index in [9.17, 15) is 9.18 Å². The highest BCUT2D eigenvalue weighted by atomic mass is 35.5. The second-order valence-corrected chi connectivity index (χ2v) is 3.38. The van der Waals surface area contributed by atoms with E-state index in [1.54, 1.807) is 19.9 Å². The molecule has 15 heavy (non-hydrogen) atoms. The Bertz CT molecular complexity index is 377. The number of esters is 1. The Labute approximate surface area is 93.0 Å². The van der Waals surface area contributed by atoms with E-state index in [-0.39, 0.29) is 18.1 Å². The molecular formula is C11H12ClFO2. The van der Waals surface area contributed by atoms with Crippen LogP contribution in [-0.4, -0.2) is 12.6 Å². The normalized spacial score (nSPS) is 10.1. The molecule has 0 N–H and O–H groups in total. The minimum Gasteiger partial charge on any atom is -0.462 e. The van der Waals surface area contributed by atoms with Crippen LogP contribution in [0.2, 0.25) is 0 Å². The predicted octanol–water partition coefficient (Wildman–Crippen LogP) is 3.05. The second kappa shape index (κ2) is 5.12. The van der Waals surface area contributed by atoms with E-state index < -0.39 is 11.8 Å². The first-order chi connectivity index (χ1) is 7.10. The molecule has 0 saturated carbocycles. The van der Waals surface area contributed by atoms with E-state index in [0.29, 0.717) is 11.1 Å². The zero-order chi connectivity index (χ0) is 11.4. The van der Waals surface area contributed by atoms with E-state index in [1.165, 1.54) is 6.07 Å². The molecule has 4 heteroatoms. The lowest BCUT2D eigenvalue weighted by atomic mass is 10.1. The van der Waals surface area contributed by atoms with Gasteiger partial charge in [0.1, 0.15) is 5.82 Å². The van der Waals surface area contributed by atoms with Crippen LogP contribution in [0.25, 0.3) is 0 Å². The summed E-state index contributed by atoms with van der Waals surface area (Å²) >= 11 is 5.54. The molecule has 0 radical (unpaired) electrons. The number of aryl methyl sites for hydroxylation is 1. The molecule has 1 rings (SSSR count). The summed E-state index contributed by atoms with van der Waals surface area (Å²) in [5.41, 5.74) is 1.32. The molecule has 0 aromatic heterocycles. The maximum atomic E-state index is 13.3. The lowest BCUT2D eigenvalue weighted by molar-refractivity contribution is 0.0525. The maximum Gasteiger partial charge on any atom is 0.338 e. The van der Waals surface area contributed by atoms with E-state index in [1.807, 2.05) is 0 Å². The molecule has 0 bridgehead atoms. The lowest BCUT2D eigenvalue weighted by Crippen LogP contribution is -2.08. The quantitative estimate of drug-likeness (QED) is 0.589. The first-order valence-electron chi connectivity index (χ1n) is 4.62. The van der Waals surface area contributed by atoms with Gasteiger partial charge in [0.2, 0.25) is 0 Å². The average molecular weight is 231 g/mol. The summed E-state index contributed by atoms with van der Waals surface area (Å²) in [5.74, 6) is -0.885. The Balaban J connectivity index is 3.10. The molecule has 0 amide bonds. The number of rotatable bonds is 3. The highest BCUT2D eigenvalue weighted by molar-refractivity contribution is 6.17. The average Bonchev–Trinajstić information content (AvgIpc) is 2.21. The summed E-state index contributed by atoms with van der Waals surface area (Å²) in [5, 5.41) is 0. The minimum atomic E-state index is -0.505. The zero-order valence-electron chi connectivity index (χ0n) is 8.64. The standard InChI is InChI=1S/C11H12ClFO2/c1-3-15-11(14)9-5-10(13)8(6-12)4-7(9)2/h4-5H,3,6H2,1-2H3. The van der Waals surface area contributed by atoms with Crippen molar-refractivity contribution in [3.8, 4) is 0 Å². The number of carbonyl (C=O) groups excluding carboxylic acids is 1. The van der Waals surface area contributed by atoms with Gasteiger partial charge >= 0.3 is 5.97 Å². The van der Waals surface area contributed by atoms with Gasteiger partial charge in [-0.15, -0.1) is 11.6 Å². The maximum absolute atomic E-state index is 13.3. The minimum absolute atomic E-state index is 0.0930. The van der Waals surface area contributed by atoms with Crippen LogP contribution in [0.15, 0.2) is 12.1 Å². The van der Waals surface area contributed by atoms with Crippen molar-refractivity contribution < 1.29 is 13.9 Å². The molecule has 0 heterocycles. The first kappa shape index (κ1) is 12.0. The van der Waals surface area contributed by atoms with E-state index in [2.05, 4.69) is 0 Å². The third-order valence-electron chi connectivity index (χ3n) is 2.03. The zero-order valence-corrected chi connectivity index (χ0v) is 9.40. The van der Waals surface area contributed by atoms with Crippen molar-refractivity contribution in [1.29, 1.82) is 0 Å². The van der Waals surface area contributed by atoms with Crippen LogP contribution in [-0.2, 0) is 10.6 Å². The number of alkyl halides is 1. The molecule has 2 nitrogen and oxygen atoms in total. The van der Waals surface area contributed by atoms with Gasteiger partial charge in [-0.3, -0.25) is 0 Å². The van der Waals surface area contributed by atoms with Gasteiger partial charge in [0.05, 0.1) is 18.1 Å². The fourth-order valence-corrected chi connectivity index (χ4v) is 1.48. The second-order valence-electron chi connectivity index (χ2n) is 3.11.